The number of allylic oxidation sites excluding steroid dienone is 4. The Morgan fingerprint density at radius 3 is 2.51 bits per heavy atom. The molecule has 2 bridgehead atoms. The van der Waals surface area contributed by atoms with Crippen LogP contribution in [0.4, 0.5) is 0 Å². The first kappa shape index (κ1) is 29.7. The van der Waals surface area contributed by atoms with Gasteiger partial charge in [0.15, 0.2) is 5.76 Å². The van der Waals surface area contributed by atoms with E-state index in [1.54, 1.807) is 29.6 Å². The van der Waals surface area contributed by atoms with E-state index in [4.69, 9.17) is 4.42 Å². The van der Waals surface area contributed by atoms with E-state index in [1.807, 2.05) is 6.92 Å². The number of hydrogen-bond donors (Lipinski definition) is 2. The molecule has 2 aromatic rings. The first-order valence-electron chi connectivity index (χ1n) is 15.8. The Labute approximate surface area is 258 Å². The molecule has 8 rings (SSSR count). The highest BCUT2D eigenvalue weighted by Crippen LogP contribution is 2.78. The fraction of sp³-hybridized carbons (Fsp3) is 0.618. The van der Waals surface area contributed by atoms with E-state index < -0.39 is 38.0 Å². The molecule has 2 N–H and O–H groups in total. The number of fused-ring (bicyclic) bond motifs is 1. The number of carbonyl (C=O) groups is 1. The number of thiophene rings is 1. The molecule has 232 valence electrons. The van der Waals surface area contributed by atoms with Gasteiger partial charge in [0.1, 0.15) is 4.21 Å². The van der Waals surface area contributed by atoms with Gasteiger partial charge in [0.25, 0.3) is 10.0 Å². The molecule has 6 aliphatic rings. The van der Waals surface area contributed by atoms with Crippen LogP contribution in [0.5, 0.6) is 0 Å². The van der Waals surface area contributed by atoms with Gasteiger partial charge in [-0.15, -0.1) is 11.3 Å². The van der Waals surface area contributed by atoms with Crippen LogP contribution in [0.15, 0.2) is 68.3 Å². The first-order chi connectivity index (χ1) is 20.4. The molecular formula is C34H43NO6S2. The number of nitrogens with zero attached hydrogens (tertiary/aromatic N) is 1. The van der Waals surface area contributed by atoms with E-state index in [1.165, 1.54) is 21.9 Å². The van der Waals surface area contributed by atoms with Crippen LogP contribution in [-0.4, -0.2) is 53.5 Å². The minimum atomic E-state index is -3.76. The van der Waals surface area contributed by atoms with Crippen LogP contribution in [-0.2, 0) is 10.0 Å². The van der Waals surface area contributed by atoms with Gasteiger partial charge in [0.2, 0.25) is 5.78 Å². The Morgan fingerprint density at radius 1 is 1.07 bits per heavy atom. The summed E-state index contributed by atoms with van der Waals surface area (Å²) < 4.78 is 35.0. The predicted molar refractivity (Wildman–Crippen MR) is 165 cm³/mol. The summed E-state index contributed by atoms with van der Waals surface area (Å²) in [6, 6.07) is 6.84. The minimum Gasteiger partial charge on any atom is -0.461 e. The molecule has 0 amide bonds. The zero-order valence-electron chi connectivity index (χ0n) is 25.3. The van der Waals surface area contributed by atoms with Gasteiger partial charge >= 0.3 is 0 Å². The maximum absolute atomic E-state index is 14.3. The molecule has 2 heterocycles. The van der Waals surface area contributed by atoms with Gasteiger partial charge in [0, 0.05) is 34.9 Å². The van der Waals surface area contributed by atoms with Crippen LogP contribution in [0.2, 0.25) is 0 Å². The smallest absolute Gasteiger partial charge is 0.252 e. The zero-order chi connectivity index (χ0) is 30.5. The van der Waals surface area contributed by atoms with E-state index in [0.717, 1.165) is 31.3 Å². The summed E-state index contributed by atoms with van der Waals surface area (Å²) in [6.07, 6.45) is 13.4. The van der Waals surface area contributed by atoms with E-state index in [2.05, 4.69) is 32.1 Å². The molecule has 0 aromatic carbocycles. The van der Waals surface area contributed by atoms with Gasteiger partial charge in [-0.1, -0.05) is 45.1 Å². The highest BCUT2D eigenvalue weighted by atomic mass is 32.2. The van der Waals surface area contributed by atoms with Crippen molar-refractivity contribution in [3.05, 3.63) is 65.5 Å². The molecular weight excluding hydrogens is 583 g/mol. The number of aliphatic hydroxyl groups excluding tert-OH is 1. The van der Waals surface area contributed by atoms with Crippen LogP contribution < -0.4 is 0 Å². The number of ketones is 1. The van der Waals surface area contributed by atoms with Crippen LogP contribution >= 0.6 is 11.3 Å². The van der Waals surface area contributed by atoms with E-state index in [0.29, 0.717) is 42.2 Å². The fourth-order valence-corrected chi connectivity index (χ4v) is 13.2. The third-order valence-corrected chi connectivity index (χ3v) is 15.9. The SMILES string of the molecule is CCCN(CC1(O)CCC2C34C=CC5(C=C3C(=O)c3ccco3)CC(O)CCC5(C)C4CCC21C)S(=O)(=O)c1cccs1. The average molecular weight is 626 g/mol. The third-order valence-electron chi connectivity index (χ3n) is 12.7. The molecule has 9 heteroatoms. The second-order valence-electron chi connectivity index (χ2n) is 14.4. The summed E-state index contributed by atoms with van der Waals surface area (Å²) in [7, 11) is -3.76. The molecule has 2 spiro atoms. The first-order valence-corrected chi connectivity index (χ1v) is 18.1. The van der Waals surface area contributed by atoms with Crippen molar-refractivity contribution in [2.75, 3.05) is 13.1 Å². The predicted octanol–water partition coefficient (Wildman–Crippen LogP) is 6.22. The molecule has 6 aliphatic carbocycles. The molecule has 3 saturated carbocycles. The number of aliphatic hydroxyl groups is 2. The maximum atomic E-state index is 14.3. The summed E-state index contributed by atoms with van der Waals surface area (Å²) >= 11 is 1.21. The Hall–Kier alpha value is -2.04. The lowest BCUT2D eigenvalue weighted by Gasteiger charge is -2.71. The minimum absolute atomic E-state index is 0.0388. The molecule has 2 aromatic heterocycles. The molecule has 0 radical (unpaired) electrons. The second kappa shape index (κ2) is 9.73. The number of carbonyl (C=O) groups excluding carboxylic acids is 1. The topological polar surface area (TPSA) is 108 Å². The molecule has 7 nitrogen and oxygen atoms in total. The monoisotopic (exact) mass is 625 g/mol. The highest BCUT2D eigenvalue weighted by Gasteiger charge is 2.74. The lowest BCUT2D eigenvalue weighted by molar-refractivity contribution is -0.173. The molecule has 0 saturated heterocycles. The van der Waals surface area contributed by atoms with Crippen molar-refractivity contribution in [3.63, 3.8) is 0 Å². The zero-order valence-corrected chi connectivity index (χ0v) is 26.9. The van der Waals surface area contributed by atoms with Crippen molar-refractivity contribution in [2.45, 2.75) is 88.1 Å². The molecule has 8 atom stereocenters. The average Bonchev–Trinajstić information content (AvgIpc) is 3.75. The lowest BCUT2D eigenvalue weighted by Crippen LogP contribution is -2.67. The van der Waals surface area contributed by atoms with Gasteiger partial charge < -0.3 is 14.6 Å². The summed E-state index contributed by atoms with van der Waals surface area (Å²) in [5, 5.41) is 25.3. The standard InChI is InChI=1S/C34H43NO6S2/c1-4-17-35(43(39,40)28-8-6-19-42-28)22-33(38)14-11-27-31(33,3)13-10-26-30(2)12-9-23(36)20-32(30)15-16-34(26,27)24(21-32)29(37)25-7-5-18-41-25/h5-8,15-16,18-19,21,23,26-27,36,38H,4,9-14,17,20,22H2,1-3H3. The van der Waals surface area contributed by atoms with E-state index in [9.17, 15) is 23.4 Å². The van der Waals surface area contributed by atoms with Gasteiger partial charge in [-0.3, -0.25) is 4.79 Å². The van der Waals surface area contributed by atoms with Crippen LogP contribution in [0.3, 0.4) is 0 Å². The quantitative estimate of drug-likeness (QED) is 0.267. The second-order valence-corrected chi connectivity index (χ2v) is 17.5. The third kappa shape index (κ3) is 3.81. The van der Waals surface area contributed by atoms with Crippen LogP contribution in [0, 0.1) is 33.5 Å². The number of hydrogen-bond acceptors (Lipinski definition) is 7. The Kier molecular flexibility index (Phi) is 6.71. The van der Waals surface area contributed by atoms with Crippen molar-refractivity contribution >= 4 is 27.1 Å². The van der Waals surface area contributed by atoms with Crippen molar-refractivity contribution in [1.82, 2.24) is 4.31 Å². The Morgan fingerprint density at radius 2 is 1.81 bits per heavy atom. The maximum Gasteiger partial charge on any atom is 0.252 e. The van der Waals surface area contributed by atoms with Gasteiger partial charge in [-0.05, 0) is 92.2 Å². The largest absolute Gasteiger partial charge is 0.461 e. The van der Waals surface area contributed by atoms with Crippen molar-refractivity contribution in [2.24, 2.45) is 33.5 Å². The molecule has 8 unspecified atom stereocenters. The summed E-state index contributed by atoms with van der Waals surface area (Å²) in [5.41, 5.74) is -2.29. The number of rotatable bonds is 8. The fourth-order valence-electron chi connectivity index (χ4n) is 10.5. The lowest BCUT2D eigenvalue weighted by atomic mass is 9.32. The van der Waals surface area contributed by atoms with Crippen molar-refractivity contribution in [1.29, 1.82) is 0 Å². The normalized spacial score (nSPS) is 41.5. The summed E-state index contributed by atoms with van der Waals surface area (Å²) in [6.45, 7) is 6.83. The van der Waals surface area contributed by atoms with Crippen molar-refractivity contribution in [3.8, 4) is 0 Å². The number of sulfonamides is 1. The molecule has 43 heavy (non-hydrogen) atoms. The highest BCUT2D eigenvalue weighted by molar-refractivity contribution is 7.91. The Bertz CT molecular complexity index is 1580. The van der Waals surface area contributed by atoms with Crippen LogP contribution in [0.25, 0.3) is 0 Å². The molecule has 0 aliphatic heterocycles. The number of Topliss-reactive ketones (excluding diaryl/α,β-unsaturated/α-hetero) is 1. The Balaban J connectivity index is 1.33. The van der Waals surface area contributed by atoms with Crippen molar-refractivity contribution < 1.29 is 27.8 Å². The van der Waals surface area contributed by atoms with Gasteiger partial charge in [0.05, 0.1) is 18.0 Å². The molecule has 3 fully saturated rings. The van der Waals surface area contributed by atoms with E-state index >= 15 is 0 Å². The number of furan rings is 1. The van der Waals surface area contributed by atoms with E-state index in [-0.39, 0.29) is 29.6 Å². The summed E-state index contributed by atoms with van der Waals surface area (Å²) in [5.74, 6) is 0.304. The van der Waals surface area contributed by atoms with Gasteiger partial charge in [-0.2, -0.15) is 4.31 Å². The van der Waals surface area contributed by atoms with Crippen LogP contribution in [0.1, 0.15) is 82.7 Å². The summed E-state index contributed by atoms with van der Waals surface area (Å²) in [4.78, 5) is 14.3. The van der Waals surface area contributed by atoms with Gasteiger partial charge in [-0.25, -0.2) is 8.42 Å².